The first-order chi connectivity index (χ1) is 8.19. The molecule has 1 aliphatic carbocycles. The molecule has 0 saturated heterocycles. The molecule has 3 N–H and O–H groups in total. The van der Waals surface area contributed by atoms with Gasteiger partial charge in [0.25, 0.3) is 0 Å². The first-order valence-corrected chi connectivity index (χ1v) is 6.08. The zero-order valence-corrected chi connectivity index (χ0v) is 10.1. The van der Waals surface area contributed by atoms with Gasteiger partial charge in [0.1, 0.15) is 11.9 Å². The number of nitrogen functional groups attached to an aromatic ring is 1. The van der Waals surface area contributed by atoms with Crippen LogP contribution < -0.4 is 11.1 Å². The van der Waals surface area contributed by atoms with E-state index in [0.29, 0.717) is 17.1 Å². The second-order valence-electron chi connectivity index (χ2n) is 4.94. The van der Waals surface area contributed by atoms with E-state index in [1.165, 1.54) is 19.3 Å². The lowest BCUT2D eigenvalue weighted by molar-refractivity contribution is 0.536. The van der Waals surface area contributed by atoms with Crippen LogP contribution in [-0.2, 0) is 0 Å². The second-order valence-corrected chi connectivity index (χ2v) is 4.94. The summed E-state index contributed by atoms with van der Waals surface area (Å²) in [5.41, 5.74) is 6.89. The highest BCUT2D eigenvalue weighted by Gasteiger charge is 2.21. The highest BCUT2D eigenvalue weighted by molar-refractivity contribution is 5.63. The van der Waals surface area contributed by atoms with Crippen LogP contribution in [0, 0.1) is 23.2 Å². The van der Waals surface area contributed by atoms with Gasteiger partial charge in [0.2, 0.25) is 0 Å². The minimum Gasteiger partial charge on any atom is -0.396 e. The third-order valence-electron chi connectivity index (χ3n) is 3.41. The van der Waals surface area contributed by atoms with Crippen LogP contribution in [0.25, 0.3) is 0 Å². The largest absolute Gasteiger partial charge is 0.396 e. The zero-order chi connectivity index (χ0) is 12.3. The van der Waals surface area contributed by atoms with Gasteiger partial charge >= 0.3 is 0 Å². The lowest BCUT2D eigenvalue weighted by atomic mass is 10.1. The quantitative estimate of drug-likeness (QED) is 0.836. The normalized spacial score (nSPS) is 23.3. The maximum absolute atomic E-state index is 8.72. The number of nitriles is 1. The Bertz CT molecular complexity index is 436. The van der Waals surface area contributed by atoms with E-state index >= 15 is 0 Å². The molecule has 1 aromatic rings. The lowest BCUT2D eigenvalue weighted by Gasteiger charge is -2.13. The molecule has 17 heavy (non-hydrogen) atoms. The number of hydrogen-bond donors (Lipinski definition) is 2. The fourth-order valence-electron chi connectivity index (χ4n) is 2.44. The monoisotopic (exact) mass is 230 g/mol. The highest BCUT2D eigenvalue weighted by Crippen LogP contribution is 2.30. The Hall–Kier alpha value is -1.76. The summed E-state index contributed by atoms with van der Waals surface area (Å²) in [6, 6.07) is 3.69. The highest BCUT2D eigenvalue weighted by atomic mass is 15.0. The van der Waals surface area contributed by atoms with Crippen LogP contribution in [0.15, 0.2) is 12.3 Å². The molecule has 0 spiro atoms. The molecule has 4 nitrogen and oxygen atoms in total. The topological polar surface area (TPSA) is 74.7 Å². The number of hydrogen-bond acceptors (Lipinski definition) is 4. The predicted octanol–water partition coefficient (Wildman–Crippen LogP) is 2.38. The standard InChI is InChI=1S/C13H18N4/c1-9-2-3-10(4-9)7-16-13-12(15)5-11(6-14)8-17-13/h5,8-10H,2-4,7,15H2,1H3,(H,16,17). The molecule has 1 aromatic heterocycles. The van der Waals surface area contributed by atoms with Gasteiger partial charge in [-0.15, -0.1) is 0 Å². The minimum atomic E-state index is 0.502. The maximum atomic E-state index is 8.72. The van der Waals surface area contributed by atoms with Crippen LogP contribution in [0.4, 0.5) is 11.5 Å². The van der Waals surface area contributed by atoms with Crippen LogP contribution in [-0.4, -0.2) is 11.5 Å². The van der Waals surface area contributed by atoms with Crippen LogP contribution in [0.5, 0.6) is 0 Å². The number of pyridine rings is 1. The van der Waals surface area contributed by atoms with Gasteiger partial charge in [-0.2, -0.15) is 5.26 Å². The molecule has 1 aliphatic rings. The van der Waals surface area contributed by atoms with Crippen molar-refractivity contribution in [2.24, 2.45) is 11.8 Å². The molecule has 2 unspecified atom stereocenters. The summed E-state index contributed by atoms with van der Waals surface area (Å²) in [5, 5.41) is 12.0. The van der Waals surface area contributed by atoms with Crippen molar-refractivity contribution in [1.82, 2.24) is 4.98 Å². The fourth-order valence-corrected chi connectivity index (χ4v) is 2.44. The summed E-state index contributed by atoms with van der Waals surface area (Å²) in [5.74, 6) is 2.26. The summed E-state index contributed by atoms with van der Waals surface area (Å²) >= 11 is 0. The van der Waals surface area contributed by atoms with Crippen LogP contribution in [0.3, 0.4) is 0 Å². The average Bonchev–Trinajstić information content (AvgIpc) is 2.73. The van der Waals surface area contributed by atoms with Crippen LogP contribution in [0.1, 0.15) is 31.7 Å². The van der Waals surface area contributed by atoms with E-state index in [2.05, 4.69) is 17.2 Å². The van der Waals surface area contributed by atoms with E-state index in [0.717, 1.165) is 18.4 Å². The van der Waals surface area contributed by atoms with Gasteiger partial charge in [0.05, 0.1) is 11.3 Å². The van der Waals surface area contributed by atoms with E-state index in [-0.39, 0.29) is 0 Å². The molecular formula is C13H18N4. The number of aromatic nitrogens is 1. The van der Waals surface area contributed by atoms with E-state index in [1.54, 1.807) is 12.3 Å². The smallest absolute Gasteiger partial charge is 0.149 e. The minimum absolute atomic E-state index is 0.502. The van der Waals surface area contributed by atoms with E-state index < -0.39 is 0 Å². The van der Waals surface area contributed by atoms with Crippen molar-refractivity contribution in [1.29, 1.82) is 5.26 Å². The molecule has 1 saturated carbocycles. The zero-order valence-electron chi connectivity index (χ0n) is 10.1. The van der Waals surface area contributed by atoms with Crippen molar-refractivity contribution in [3.8, 4) is 6.07 Å². The van der Waals surface area contributed by atoms with Crippen LogP contribution in [0.2, 0.25) is 0 Å². The van der Waals surface area contributed by atoms with Crippen molar-refractivity contribution < 1.29 is 0 Å². The predicted molar refractivity (Wildman–Crippen MR) is 68.4 cm³/mol. The molecule has 0 radical (unpaired) electrons. The summed E-state index contributed by atoms with van der Waals surface area (Å²) in [7, 11) is 0. The number of nitrogens with zero attached hydrogens (tertiary/aromatic N) is 2. The summed E-state index contributed by atoms with van der Waals surface area (Å²) in [6.07, 6.45) is 5.44. The van der Waals surface area contributed by atoms with Crippen molar-refractivity contribution in [2.45, 2.75) is 26.2 Å². The number of nitrogens with one attached hydrogen (secondary N) is 1. The Morgan fingerprint density at radius 3 is 3.00 bits per heavy atom. The maximum Gasteiger partial charge on any atom is 0.149 e. The molecule has 2 rings (SSSR count). The number of nitrogens with two attached hydrogens (primary N) is 1. The molecule has 0 bridgehead atoms. The third kappa shape index (κ3) is 2.88. The molecule has 1 fully saturated rings. The SMILES string of the molecule is CC1CCC(CNc2ncc(C#N)cc2N)C1. The molecular weight excluding hydrogens is 212 g/mol. The molecule has 2 atom stereocenters. The Kier molecular flexibility index (Phi) is 3.48. The third-order valence-corrected chi connectivity index (χ3v) is 3.41. The lowest BCUT2D eigenvalue weighted by Crippen LogP contribution is -2.13. The van der Waals surface area contributed by atoms with Crippen LogP contribution >= 0.6 is 0 Å². The number of rotatable bonds is 3. The number of anilines is 2. The van der Waals surface area contributed by atoms with E-state index in [9.17, 15) is 0 Å². The Labute approximate surface area is 102 Å². The second kappa shape index (κ2) is 5.05. The molecule has 0 amide bonds. The van der Waals surface area contributed by atoms with E-state index in [1.807, 2.05) is 6.07 Å². The van der Waals surface area contributed by atoms with Gasteiger partial charge in [-0.25, -0.2) is 4.98 Å². The van der Waals surface area contributed by atoms with Crippen molar-refractivity contribution in [3.63, 3.8) is 0 Å². The molecule has 90 valence electrons. The Balaban J connectivity index is 1.93. The van der Waals surface area contributed by atoms with Gasteiger partial charge in [-0.05, 0) is 30.7 Å². The van der Waals surface area contributed by atoms with Crippen molar-refractivity contribution in [3.05, 3.63) is 17.8 Å². The fraction of sp³-hybridized carbons (Fsp3) is 0.538. The average molecular weight is 230 g/mol. The first-order valence-electron chi connectivity index (χ1n) is 6.08. The first kappa shape index (κ1) is 11.7. The summed E-state index contributed by atoms with van der Waals surface area (Å²) < 4.78 is 0. The molecule has 0 aromatic carbocycles. The summed E-state index contributed by atoms with van der Waals surface area (Å²) in [6.45, 7) is 3.22. The molecule has 1 heterocycles. The van der Waals surface area contributed by atoms with Gasteiger partial charge < -0.3 is 11.1 Å². The van der Waals surface area contributed by atoms with Crippen molar-refractivity contribution >= 4 is 11.5 Å². The molecule has 4 heteroatoms. The molecule has 0 aliphatic heterocycles. The van der Waals surface area contributed by atoms with Crippen molar-refractivity contribution in [2.75, 3.05) is 17.6 Å². The van der Waals surface area contributed by atoms with Gasteiger partial charge in [-0.3, -0.25) is 0 Å². The van der Waals surface area contributed by atoms with Gasteiger partial charge in [-0.1, -0.05) is 13.3 Å². The Morgan fingerprint density at radius 1 is 1.59 bits per heavy atom. The van der Waals surface area contributed by atoms with Gasteiger partial charge in [0.15, 0.2) is 0 Å². The summed E-state index contributed by atoms with van der Waals surface area (Å²) in [4.78, 5) is 4.17. The Morgan fingerprint density at radius 2 is 2.41 bits per heavy atom. The van der Waals surface area contributed by atoms with E-state index in [4.69, 9.17) is 11.0 Å². The van der Waals surface area contributed by atoms with Gasteiger partial charge in [0, 0.05) is 12.7 Å².